The highest BCUT2D eigenvalue weighted by molar-refractivity contribution is 7.16. The fraction of sp³-hybridized carbons (Fsp3) is 0.545. The van der Waals surface area contributed by atoms with Crippen molar-refractivity contribution >= 4 is 28.8 Å². The van der Waals surface area contributed by atoms with Crippen LogP contribution in [0.5, 0.6) is 0 Å². The third kappa shape index (κ3) is 2.75. The van der Waals surface area contributed by atoms with Crippen molar-refractivity contribution in [2.24, 2.45) is 11.8 Å². The summed E-state index contributed by atoms with van der Waals surface area (Å²) in [5, 5.41) is 6.12. The minimum Gasteiger partial charge on any atom is -0.351 e. The molecule has 2 heterocycles. The van der Waals surface area contributed by atoms with Crippen molar-refractivity contribution in [2.75, 3.05) is 13.1 Å². The second kappa shape index (κ2) is 5.17. The van der Waals surface area contributed by atoms with Crippen LogP contribution in [0, 0.1) is 11.8 Å². The van der Waals surface area contributed by atoms with Gasteiger partial charge in [-0.2, -0.15) is 0 Å². The average Bonchev–Trinajstić information content (AvgIpc) is 2.58. The zero-order valence-electron chi connectivity index (χ0n) is 9.13. The zero-order valence-corrected chi connectivity index (χ0v) is 10.7. The molecule has 0 spiro atoms. The Morgan fingerprint density at radius 1 is 1.69 bits per heavy atom. The number of amides is 1. The van der Waals surface area contributed by atoms with Crippen LogP contribution in [0.2, 0.25) is 4.34 Å². The number of hydrogen-bond donors (Lipinski definition) is 2. The minimum absolute atomic E-state index is 0.0942. The number of thiophene rings is 1. The number of rotatable bonds is 4. The van der Waals surface area contributed by atoms with Crippen LogP contribution in [0.3, 0.4) is 0 Å². The van der Waals surface area contributed by atoms with E-state index in [2.05, 4.69) is 10.6 Å². The molecule has 3 nitrogen and oxygen atoms in total. The molecule has 1 aromatic heterocycles. The Hall–Kier alpha value is -0.580. The van der Waals surface area contributed by atoms with Crippen LogP contribution in [0.15, 0.2) is 12.1 Å². The van der Waals surface area contributed by atoms with E-state index in [4.69, 9.17) is 11.6 Å². The minimum atomic E-state index is 0.0942. The van der Waals surface area contributed by atoms with Gasteiger partial charge < -0.3 is 10.6 Å². The smallest absolute Gasteiger partial charge is 0.223 e. The SMILES string of the molecule is CC(C(=O)NCc1ccc(Cl)s1)C1CNC1. The summed E-state index contributed by atoms with van der Waals surface area (Å²) >= 11 is 7.33. The van der Waals surface area contributed by atoms with Gasteiger partial charge in [0.1, 0.15) is 0 Å². The van der Waals surface area contributed by atoms with Gasteiger partial charge in [-0.3, -0.25) is 4.79 Å². The molecule has 1 aliphatic heterocycles. The molecule has 1 fully saturated rings. The van der Waals surface area contributed by atoms with E-state index in [0.29, 0.717) is 12.5 Å². The van der Waals surface area contributed by atoms with Crippen molar-refractivity contribution in [3.8, 4) is 0 Å². The highest BCUT2D eigenvalue weighted by Crippen LogP contribution is 2.21. The molecule has 1 atom stereocenters. The second-order valence-corrected chi connectivity index (χ2v) is 5.93. The van der Waals surface area contributed by atoms with E-state index in [1.807, 2.05) is 19.1 Å². The Morgan fingerprint density at radius 3 is 2.94 bits per heavy atom. The van der Waals surface area contributed by atoms with Gasteiger partial charge in [-0.15, -0.1) is 11.3 Å². The summed E-state index contributed by atoms with van der Waals surface area (Å²) in [4.78, 5) is 12.9. The van der Waals surface area contributed by atoms with Crippen LogP contribution in [0.25, 0.3) is 0 Å². The maximum absolute atomic E-state index is 11.8. The summed E-state index contributed by atoms with van der Waals surface area (Å²) in [7, 11) is 0. The van der Waals surface area contributed by atoms with Gasteiger partial charge in [0, 0.05) is 10.8 Å². The average molecular weight is 259 g/mol. The molecule has 2 rings (SSSR count). The summed E-state index contributed by atoms with van der Waals surface area (Å²) in [6, 6.07) is 3.80. The molecule has 88 valence electrons. The predicted molar refractivity (Wildman–Crippen MR) is 66.7 cm³/mol. The summed E-state index contributed by atoms with van der Waals surface area (Å²) in [6.45, 7) is 4.49. The van der Waals surface area contributed by atoms with Crippen LogP contribution in [0.1, 0.15) is 11.8 Å². The Balaban J connectivity index is 1.78. The summed E-state index contributed by atoms with van der Waals surface area (Å²) < 4.78 is 0.764. The van der Waals surface area contributed by atoms with Crippen LogP contribution >= 0.6 is 22.9 Å². The molecule has 0 bridgehead atoms. The van der Waals surface area contributed by atoms with Gasteiger partial charge in [-0.05, 0) is 31.1 Å². The normalized spacial score (nSPS) is 17.9. The first-order valence-corrected chi connectivity index (χ1v) is 6.59. The molecule has 2 N–H and O–H groups in total. The van der Waals surface area contributed by atoms with Crippen molar-refractivity contribution in [1.82, 2.24) is 10.6 Å². The van der Waals surface area contributed by atoms with Gasteiger partial charge in [-0.25, -0.2) is 0 Å². The molecule has 5 heteroatoms. The quantitative estimate of drug-likeness (QED) is 0.866. The monoisotopic (exact) mass is 258 g/mol. The first kappa shape index (κ1) is 11.9. The van der Waals surface area contributed by atoms with Gasteiger partial charge in [-0.1, -0.05) is 18.5 Å². The molecular formula is C11H15ClN2OS. The second-order valence-electron chi connectivity index (χ2n) is 4.13. The number of carbonyl (C=O) groups excluding carboxylic acids is 1. The topological polar surface area (TPSA) is 41.1 Å². The first-order chi connectivity index (χ1) is 7.66. The molecule has 0 aliphatic carbocycles. The Bertz CT molecular complexity index is 376. The fourth-order valence-corrected chi connectivity index (χ4v) is 2.69. The lowest BCUT2D eigenvalue weighted by molar-refractivity contribution is -0.126. The van der Waals surface area contributed by atoms with E-state index in [9.17, 15) is 4.79 Å². The molecule has 1 unspecified atom stereocenters. The van der Waals surface area contributed by atoms with Gasteiger partial charge in [0.2, 0.25) is 5.91 Å². The molecule has 0 radical (unpaired) electrons. The van der Waals surface area contributed by atoms with E-state index in [-0.39, 0.29) is 11.8 Å². The fourth-order valence-electron chi connectivity index (χ4n) is 1.66. The van der Waals surface area contributed by atoms with Crippen LogP contribution in [-0.4, -0.2) is 19.0 Å². The van der Waals surface area contributed by atoms with Gasteiger partial charge >= 0.3 is 0 Å². The molecule has 0 aromatic carbocycles. The highest BCUT2D eigenvalue weighted by atomic mass is 35.5. The molecular weight excluding hydrogens is 244 g/mol. The highest BCUT2D eigenvalue weighted by Gasteiger charge is 2.28. The van der Waals surface area contributed by atoms with Crippen LogP contribution < -0.4 is 10.6 Å². The lowest BCUT2D eigenvalue weighted by Gasteiger charge is -2.31. The third-order valence-corrected chi connectivity index (χ3v) is 4.23. The molecule has 0 saturated carbocycles. The van der Waals surface area contributed by atoms with Crippen molar-refractivity contribution in [3.63, 3.8) is 0 Å². The van der Waals surface area contributed by atoms with Crippen molar-refractivity contribution in [2.45, 2.75) is 13.5 Å². The van der Waals surface area contributed by atoms with Crippen LogP contribution in [0.4, 0.5) is 0 Å². The largest absolute Gasteiger partial charge is 0.351 e. The zero-order chi connectivity index (χ0) is 11.5. The Morgan fingerprint density at radius 2 is 2.44 bits per heavy atom. The molecule has 1 amide bonds. The van der Waals surface area contributed by atoms with Crippen molar-refractivity contribution in [3.05, 3.63) is 21.3 Å². The van der Waals surface area contributed by atoms with Gasteiger partial charge in [0.25, 0.3) is 0 Å². The molecule has 16 heavy (non-hydrogen) atoms. The van der Waals surface area contributed by atoms with E-state index in [1.165, 1.54) is 11.3 Å². The summed E-state index contributed by atoms with van der Waals surface area (Å²) in [6.07, 6.45) is 0. The van der Waals surface area contributed by atoms with Crippen molar-refractivity contribution < 1.29 is 4.79 Å². The van der Waals surface area contributed by atoms with Crippen molar-refractivity contribution in [1.29, 1.82) is 0 Å². The van der Waals surface area contributed by atoms with Crippen LogP contribution in [-0.2, 0) is 11.3 Å². The third-order valence-electron chi connectivity index (χ3n) is 3.00. The predicted octanol–water partition coefficient (Wildman–Crippen LogP) is 1.87. The van der Waals surface area contributed by atoms with E-state index < -0.39 is 0 Å². The molecule has 1 saturated heterocycles. The molecule has 1 aliphatic rings. The maximum Gasteiger partial charge on any atom is 0.223 e. The maximum atomic E-state index is 11.8. The van der Waals surface area contributed by atoms with Gasteiger partial charge in [0.05, 0.1) is 10.9 Å². The van der Waals surface area contributed by atoms with E-state index in [1.54, 1.807) is 0 Å². The summed E-state index contributed by atoms with van der Waals surface area (Å²) in [5.74, 6) is 0.722. The number of nitrogens with one attached hydrogen (secondary N) is 2. The Labute approximate surface area is 104 Å². The number of carbonyl (C=O) groups is 1. The number of halogens is 1. The standard InChI is InChI=1S/C11H15ClN2OS/c1-7(8-4-13-5-8)11(15)14-6-9-2-3-10(12)16-9/h2-3,7-8,13H,4-6H2,1H3,(H,14,15). The van der Waals surface area contributed by atoms with E-state index >= 15 is 0 Å². The number of hydrogen-bond acceptors (Lipinski definition) is 3. The van der Waals surface area contributed by atoms with E-state index in [0.717, 1.165) is 22.3 Å². The lowest BCUT2D eigenvalue weighted by atomic mass is 9.88. The lowest BCUT2D eigenvalue weighted by Crippen LogP contribution is -2.49. The first-order valence-electron chi connectivity index (χ1n) is 5.39. The summed E-state index contributed by atoms with van der Waals surface area (Å²) in [5.41, 5.74) is 0. The Kier molecular flexibility index (Phi) is 3.84. The van der Waals surface area contributed by atoms with Gasteiger partial charge in [0.15, 0.2) is 0 Å². The molecule has 1 aromatic rings.